The quantitative estimate of drug-likeness (QED) is 0.616. The Hall–Kier alpha value is -3.22. The molecule has 3 aromatic rings. The van der Waals surface area contributed by atoms with Gasteiger partial charge in [0.15, 0.2) is 11.5 Å². The van der Waals surface area contributed by atoms with Crippen molar-refractivity contribution in [1.82, 2.24) is 14.5 Å². The van der Waals surface area contributed by atoms with E-state index < -0.39 is 0 Å². The minimum absolute atomic E-state index is 0.122. The van der Waals surface area contributed by atoms with Gasteiger partial charge in [0.25, 0.3) is 0 Å². The fourth-order valence-corrected chi connectivity index (χ4v) is 2.97. The van der Waals surface area contributed by atoms with Crippen LogP contribution in [0.5, 0.6) is 11.5 Å². The van der Waals surface area contributed by atoms with Crippen molar-refractivity contribution in [3.05, 3.63) is 59.0 Å². The first kappa shape index (κ1) is 18.6. The van der Waals surface area contributed by atoms with Gasteiger partial charge in [-0.2, -0.15) is 0 Å². The number of amides is 1. The SMILES string of the molecule is COc1ccccc1OCCNC(=O)CCn1c(=O)n(C)c2ccccc21. The maximum Gasteiger partial charge on any atom is 0.328 e. The van der Waals surface area contributed by atoms with Crippen molar-refractivity contribution in [2.75, 3.05) is 20.3 Å². The number of carbonyl (C=O) groups excluding carboxylic acids is 1. The predicted molar refractivity (Wildman–Crippen MR) is 103 cm³/mol. The third-order valence-electron chi connectivity index (χ3n) is 4.37. The molecular weight excluding hydrogens is 346 g/mol. The first-order valence-electron chi connectivity index (χ1n) is 8.78. The molecule has 0 fully saturated rings. The molecule has 7 heteroatoms. The monoisotopic (exact) mass is 369 g/mol. The van der Waals surface area contributed by atoms with Crippen LogP contribution in [-0.4, -0.2) is 35.3 Å². The molecule has 0 aliphatic rings. The molecule has 0 radical (unpaired) electrons. The van der Waals surface area contributed by atoms with Crippen molar-refractivity contribution in [2.45, 2.75) is 13.0 Å². The fraction of sp³-hybridized carbons (Fsp3) is 0.300. The van der Waals surface area contributed by atoms with Gasteiger partial charge < -0.3 is 14.8 Å². The summed E-state index contributed by atoms with van der Waals surface area (Å²) in [5, 5.41) is 2.81. The number of aryl methyl sites for hydroxylation is 2. The maximum atomic E-state index is 12.3. The van der Waals surface area contributed by atoms with E-state index in [2.05, 4.69) is 5.32 Å². The Bertz CT molecular complexity index is 990. The van der Waals surface area contributed by atoms with E-state index in [0.29, 0.717) is 31.2 Å². The molecule has 1 aromatic heterocycles. The fourth-order valence-electron chi connectivity index (χ4n) is 2.97. The topological polar surface area (TPSA) is 74.5 Å². The van der Waals surface area contributed by atoms with E-state index in [9.17, 15) is 9.59 Å². The molecule has 0 saturated heterocycles. The Labute approximate surface area is 157 Å². The second kappa shape index (κ2) is 8.44. The number of fused-ring (bicyclic) bond motifs is 1. The second-order valence-corrected chi connectivity index (χ2v) is 6.08. The van der Waals surface area contributed by atoms with E-state index in [0.717, 1.165) is 11.0 Å². The third kappa shape index (κ3) is 4.13. The van der Waals surface area contributed by atoms with E-state index >= 15 is 0 Å². The molecule has 3 rings (SSSR count). The van der Waals surface area contributed by atoms with Crippen molar-refractivity contribution in [3.63, 3.8) is 0 Å². The number of nitrogens with one attached hydrogen (secondary N) is 1. The average molecular weight is 369 g/mol. The molecule has 0 unspecified atom stereocenters. The summed E-state index contributed by atoms with van der Waals surface area (Å²) >= 11 is 0. The van der Waals surface area contributed by atoms with Crippen LogP contribution < -0.4 is 20.5 Å². The van der Waals surface area contributed by atoms with Gasteiger partial charge in [0.1, 0.15) is 6.61 Å². The predicted octanol–water partition coefficient (Wildman–Crippen LogP) is 1.93. The summed E-state index contributed by atoms with van der Waals surface area (Å²) in [5.74, 6) is 1.16. The van der Waals surface area contributed by atoms with E-state index in [-0.39, 0.29) is 18.0 Å². The summed E-state index contributed by atoms with van der Waals surface area (Å²) in [7, 11) is 3.32. The standard InChI is InChI=1S/C20H23N3O4/c1-22-15-7-3-4-8-16(15)23(20(22)25)13-11-19(24)21-12-14-27-18-10-6-5-9-17(18)26-2/h3-10H,11-14H2,1-2H3,(H,21,24). The van der Waals surface area contributed by atoms with E-state index in [1.165, 1.54) is 0 Å². The summed E-state index contributed by atoms with van der Waals surface area (Å²) in [6.07, 6.45) is 0.225. The molecule has 7 nitrogen and oxygen atoms in total. The van der Waals surface area contributed by atoms with Crippen molar-refractivity contribution < 1.29 is 14.3 Å². The van der Waals surface area contributed by atoms with Gasteiger partial charge in [0.2, 0.25) is 5.91 Å². The van der Waals surface area contributed by atoms with E-state index in [1.807, 2.05) is 48.5 Å². The Morgan fingerprint density at radius 2 is 1.70 bits per heavy atom. The van der Waals surface area contributed by atoms with Crippen LogP contribution in [0, 0.1) is 0 Å². The maximum absolute atomic E-state index is 12.3. The molecule has 0 saturated carbocycles. The van der Waals surface area contributed by atoms with Gasteiger partial charge in [-0.25, -0.2) is 4.79 Å². The van der Waals surface area contributed by atoms with Crippen LogP contribution in [-0.2, 0) is 18.4 Å². The molecule has 0 aliphatic heterocycles. The Kier molecular flexibility index (Phi) is 5.80. The van der Waals surface area contributed by atoms with Crippen LogP contribution >= 0.6 is 0 Å². The molecule has 2 aromatic carbocycles. The van der Waals surface area contributed by atoms with Gasteiger partial charge in [-0.15, -0.1) is 0 Å². The lowest BCUT2D eigenvalue weighted by Crippen LogP contribution is -2.30. The lowest BCUT2D eigenvalue weighted by Gasteiger charge is -2.11. The molecule has 1 N–H and O–H groups in total. The highest BCUT2D eigenvalue weighted by molar-refractivity contribution is 5.77. The zero-order valence-corrected chi connectivity index (χ0v) is 15.5. The number of rotatable bonds is 8. The largest absolute Gasteiger partial charge is 0.493 e. The molecule has 1 heterocycles. The van der Waals surface area contributed by atoms with Gasteiger partial charge >= 0.3 is 5.69 Å². The number of ether oxygens (including phenoxy) is 2. The van der Waals surface area contributed by atoms with Gasteiger partial charge in [0.05, 0.1) is 24.7 Å². The normalized spacial score (nSPS) is 10.7. The smallest absolute Gasteiger partial charge is 0.328 e. The summed E-state index contributed by atoms with van der Waals surface area (Å²) in [6, 6.07) is 14.9. The van der Waals surface area contributed by atoms with Crippen molar-refractivity contribution in [3.8, 4) is 11.5 Å². The van der Waals surface area contributed by atoms with Crippen LogP contribution in [0.1, 0.15) is 6.42 Å². The lowest BCUT2D eigenvalue weighted by molar-refractivity contribution is -0.121. The number of aromatic nitrogens is 2. The lowest BCUT2D eigenvalue weighted by atomic mass is 10.3. The molecule has 0 aliphatic carbocycles. The van der Waals surface area contributed by atoms with Crippen LogP contribution in [0.3, 0.4) is 0 Å². The zero-order chi connectivity index (χ0) is 19.2. The number of nitrogens with zero attached hydrogens (tertiary/aromatic N) is 2. The van der Waals surface area contributed by atoms with E-state index in [1.54, 1.807) is 23.3 Å². The van der Waals surface area contributed by atoms with Crippen LogP contribution in [0.25, 0.3) is 11.0 Å². The number of methoxy groups -OCH3 is 1. The highest BCUT2D eigenvalue weighted by Gasteiger charge is 2.11. The zero-order valence-electron chi connectivity index (χ0n) is 15.5. The Morgan fingerprint density at radius 1 is 1.04 bits per heavy atom. The highest BCUT2D eigenvalue weighted by atomic mass is 16.5. The molecule has 27 heavy (non-hydrogen) atoms. The first-order chi connectivity index (χ1) is 13.1. The summed E-state index contributed by atoms with van der Waals surface area (Å²) in [4.78, 5) is 24.4. The van der Waals surface area contributed by atoms with E-state index in [4.69, 9.17) is 9.47 Å². The van der Waals surface area contributed by atoms with Crippen LogP contribution in [0.2, 0.25) is 0 Å². The van der Waals surface area contributed by atoms with Crippen molar-refractivity contribution in [2.24, 2.45) is 7.05 Å². The molecule has 142 valence electrons. The van der Waals surface area contributed by atoms with Gasteiger partial charge in [-0.05, 0) is 24.3 Å². The summed E-state index contributed by atoms with van der Waals surface area (Å²) in [6.45, 7) is 1.04. The summed E-state index contributed by atoms with van der Waals surface area (Å²) < 4.78 is 14.1. The van der Waals surface area contributed by atoms with Gasteiger partial charge in [0, 0.05) is 20.0 Å². The number of benzene rings is 2. The number of para-hydroxylation sites is 4. The Morgan fingerprint density at radius 3 is 2.44 bits per heavy atom. The highest BCUT2D eigenvalue weighted by Crippen LogP contribution is 2.25. The molecular formula is C20H23N3O4. The minimum Gasteiger partial charge on any atom is -0.493 e. The van der Waals surface area contributed by atoms with Gasteiger partial charge in [-0.1, -0.05) is 24.3 Å². The van der Waals surface area contributed by atoms with Gasteiger partial charge in [-0.3, -0.25) is 13.9 Å². The Balaban J connectivity index is 1.49. The second-order valence-electron chi connectivity index (χ2n) is 6.08. The number of hydrogen-bond acceptors (Lipinski definition) is 4. The summed E-state index contributed by atoms with van der Waals surface area (Å²) in [5.41, 5.74) is 1.56. The molecule has 1 amide bonds. The first-order valence-corrected chi connectivity index (χ1v) is 8.78. The molecule has 0 bridgehead atoms. The van der Waals surface area contributed by atoms with Crippen molar-refractivity contribution >= 4 is 16.9 Å². The van der Waals surface area contributed by atoms with Crippen LogP contribution in [0.15, 0.2) is 53.3 Å². The van der Waals surface area contributed by atoms with Crippen molar-refractivity contribution in [1.29, 1.82) is 0 Å². The number of imidazole rings is 1. The minimum atomic E-state index is -0.126. The average Bonchev–Trinajstić information content (AvgIpc) is 2.94. The van der Waals surface area contributed by atoms with Crippen LogP contribution in [0.4, 0.5) is 0 Å². The molecule has 0 spiro atoms. The number of hydrogen-bond donors (Lipinski definition) is 1. The number of carbonyl (C=O) groups is 1. The molecule has 0 atom stereocenters. The third-order valence-corrected chi connectivity index (χ3v) is 4.37.